The molecular weight excluding hydrogens is 415 g/mol. The first kappa shape index (κ1) is 19.3. The normalized spacial score (nSPS) is 18.1. The van der Waals surface area contributed by atoms with E-state index in [1.807, 2.05) is 0 Å². The number of anilines is 1. The van der Waals surface area contributed by atoms with Crippen LogP contribution < -0.4 is 10.9 Å². The van der Waals surface area contributed by atoms with E-state index in [2.05, 4.69) is 10.3 Å². The monoisotopic (exact) mass is 429 g/mol. The number of nitrogens with one attached hydrogen (secondary N) is 1. The third-order valence-electron chi connectivity index (χ3n) is 4.86. The van der Waals surface area contributed by atoms with Gasteiger partial charge in [-0.15, -0.1) is 0 Å². The summed E-state index contributed by atoms with van der Waals surface area (Å²) >= 11 is 7.34. The lowest BCUT2D eigenvalue weighted by Gasteiger charge is -2.15. The Morgan fingerprint density at radius 3 is 2.89 bits per heavy atom. The van der Waals surface area contributed by atoms with E-state index in [-0.39, 0.29) is 22.7 Å². The summed E-state index contributed by atoms with van der Waals surface area (Å²) in [5, 5.41) is 3.05. The van der Waals surface area contributed by atoms with Crippen LogP contribution in [0.4, 0.5) is 18.9 Å². The van der Waals surface area contributed by atoms with Gasteiger partial charge in [-0.25, -0.2) is 4.98 Å². The van der Waals surface area contributed by atoms with Crippen LogP contribution in [0.15, 0.2) is 28.2 Å². The van der Waals surface area contributed by atoms with Crippen molar-refractivity contribution in [2.45, 2.75) is 43.1 Å². The maximum absolute atomic E-state index is 12.9. The summed E-state index contributed by atoms with van der Waals surface area (Å²) in [6, 6.07) is 2.36. The summed E-state index contributed by atoms with van der Waals surface area (Å²) in [5.74, 6) is 0.00147. The molecule has 0 spiro atoms. The van der Waals surface area contributed by atoms with Crippen LogP contribution in [0.2, 0.25) is 5.02 Å². The van der Waals surface area contributed by atoms with Crippen LogP contribution in [0.3, 0.4) is 0 Å². The number of halogens is 4. The van der Waals surface area contributed by atoms with Gasteiger partial charge in [0, 0.05) is 17.7 Å². The van der Waals surface area contributed by atoms with Gasteiger partial charge in [-0.2, -0.15) is 13.2 Å². The van der Waals surface area contributed by atoms with Crippen molar-refractivity contribution in [1.82, 2.24) is 9.55 Å². The Balaban J connectivity index is 1.54. The summed E-state index contributed by atoms with van der Waals surface area (Å²) < 4.78 is 40.2. The van der Waals surface area contributed by atoms with Crippen molar-refractivity contribution in [2.24, 2.45) is 0 Å². The highest BCUT2D eigenvalue weighted by Gasteiger charge is 2.33. The zero-order valence-electron chi connectivity index (χ0n) is 14.5. The molecule has 10 heteroatoms. The van der Waals surface area contributed by atoms with Gasteiger partial charge in [-0.05, 0) is 37.5 Å². The Kier molecular flexibility index (Phi) is 4.91. The van der Waals surface area contributed by atoms with E-state index in [1.54, 1.807) is 4.57 Å². The number of thioether (sulfide) groups is 1. The molecule has 0 saturated heterocycles. The molecule has 1 aromatic carbocycles. The van der Waals surface area contributed by atoms with E-state index < -0.39 is 23.7 Å². The highest BCUT2D eigenvalue weighted by atomic mass is 35.5. The van der Waals surface area contributed by atoms with Crippen LogP contribution in [-0.4, -0.2) is 21.2 Å². The molecule has 1 unspecified atom stereocenters. The number of benzene rings is 1. The first-order chi connectivity index (χ1) is 13.2. The fraction of sp³-hybridized carbons (Fsp3) is 0.389. The summed E-state index contributed by atoms with van der Waals surface area (Å²) in [7, 11) is 0. The smallest absolute Gasteiger partial charge is 0.325 e. The van der Waals surface area contributed by atoms with Crippen molar-refractivity contribution < 1.29 is 18.0 Å². The van der Waals surface area contributed by atoms with E-state index in [1.165, 1.54) is 11.8 Å². The van der Waals surface area contributed by atoms with E-state index in [0.717, 1.165) is 36.7 Å². The van der Waals surface area contributed by atoms with Crippen molar-refractivity contribution in [2.75, 3.05) is 11.1 Å². The molecule has 0 saturated carbocycles. The van der Waals surface area contributed by atoms with Crippen LogP contribution in [0.5, 0.6) is 0 Å². The number of nitrogens with zero attached hydrogens (tertiary/aromatic N) is 2. The molecule has 148 valence electrons. The fourth-order valence-corrected chi connectivity index (χ4v) is 4.83. The molecule has 28 heavy (non-hydrogen) atoms. The average Bonchev–Trinajstić information content (AvgIpc) is 3.23. The SMILES string of the molecule is O=C(CC1CSc2nc3c(c(=O)n21)CCC3)Nc1cc(C(F)(F)F)ccc1Cl. The van der Waals surface area contributed by atoms with Crippen LogP contribution in [0.25, 0.3) is 0 Å². The first-order valence-corrected chi connectivity index (χ1v) is 10.0. The molecule has 1 amide bonds. The second-order valence-corrected chi connectivity index (χ2v) is 8.15. The third kappa shape index (κ3) is 3.53. The van der Waals surface area contributed by atoms with Crippen molar-refractivity contribution >= 4 is 35.0 Å². The molecule has 1 N–H and O–H groups in total. The molecule has 1 atom stereocenters. The second kappa shape index (κ2) is 7.11. The Morgan fingerprint density at radius 2 is 2.14 bits per heavy atom. The lowest BCUT2D eigenvalue weighted by atomic mass is 10.1. The summed E-state index contributed by atoms with van der Waals surface area (Å²) in [5.41, 5.74) is 0.427. The fourth-order valence-electron chi connectivity index (χ4n) is 3.52. The van der Waals surface area contributed by atoms with Gasteiger partial charge in [0.15, 0.2) is 5.16 Å². The number of carbonyl (C=O) groups is 1. The number of aryl methyl sites for hydroxylation is 1. The average molecular weight is 430 g/mol. The maximum Gasteiger partial charge on any atom is 0.416 e. The highest BCUT2D eigenvalue weighted by molar-refractivity contribution is 7.99. The minimum absolute atomic E-state index is 0.0131. The highest BCUT2D eigenvalue weighted by Crippen LogP contribution is 2.36. The minimum Gasteiger partial charge on any atom is -0.325 e. The Bertz CT molecular complexity index is 1020. The molecule has 1 aromatic heterocycles. The number of rotatable bonds is 3. The van der Waals surface area contributed by atoms with Crippen LogP contribution in [0, 0.1) is 0 Å². The number of hydrogen-bond donors (Lipinski definition) is 1. The summed E-state index contributed by atoms with van der Waals surface area (Å²) in [6.07, 6.45) is -2.22. The van der Waals surface area contributed by atoms with Crippen molar-refractivity contribution in [3.8, 4) is 0 Å². The van der Waals surface area contributed by atoms with Crippen LogP contribution in [0.1, 0.15) is 35.7 Å². The Labute approximate surface area is 167 Å². The molecule has 0 radical (unpaired) electrons. The van der Waals surface area contributed by atoms with Gasteiger partial charge in [0.25, 0.3) is 5.56 Å². The second-order valence-electron chi connectivity index (χ2n) is 6.76. The topological polar surface area (TPSA) is 64.0 Å². The molecule has 4 rings (SSSR count). The van der Waals surface area contributed by atoms with E-state index >= 15 is 0 Å². The van der Waals surface area contributed by atoms with Crippen molar-refractivity contribution in [1.29, 1.82) is 0 Å². The van der Waals surface area contributed by atoms with Crippen LogP contribution >= 0.6 is 23.4 Å². The Morgan fingerprint density at radius 1 is 1.36 bits per heavy atom. The number of hydrogen-bond acceptors (Lipinski definition) is 4. The van der Waals surface area contributed by atoms with Gasteiger partial charge < -0.3 is 5.32 Å². The minimum atomic E-state index is -4.54. The van der Waals surface area contributed by atoms with Crippen molar-refractivity contribution in [3.63, 3.8) is 0 Å². The zero-order chi connectivity index (χ0) is 20.1. The number of aromatic nitrogens is 2. The molecule has 2 aliphatic rings. The summed E-state index contributed by atoms with van der Waals surface area (Å²) in [6.45, 7) is 0. The van der Waals surface area contributed by atoms with Gasteiger partial charge in [0.1, 0.15) is 0 Å². The van der Waals surface area contributed by atoms with E-state index in [9.17, 15) is 22.8 Å². The molecule has 1 aliphatic carbocycles. The zero-order valence-corrected chi connectivity index (χ0v) is 16.0. The lowest BCUT2D eigenvalue weighted by molar-refractivity contribution is -0.137. The molecule has 0 fully saturated rings. The predicted octanol–water partition coefficient (Wildman–Crippen LogP) is 4.08. The molecule has 2 heterocycles. The molecule has 0 bridgehead atoms. The van der Waals surface area contributed by atoms with Gasteiger partial charge in [0.2, 0.25) is 5.91 Å². The van der Waals surface area contributed by atoms with E-state index in [0.29, 0.717) is 22.9 Å². The molecule has 1 aliphatic heterocycles. The largest absolute Gasteiger partial charge is 0.416 e. The predicted molar refractivity (Wildman–Crippen MR) is 100.0 cm³/mol. The molecule has 2 aromatic rings. The standard InChI is InChI=1S/C18H15ClF3N3O2S/c19-12-5-4-9(18(20,21)22)6-14(12)23-15(26)7-10-8-28-17-24-13-3-1-2-11(13)16(27)25(10)17/h4-6,10H,1-3,7-8H2,(H,23,26). The van der Waals surface area contributed by atoms with Gasteiger partial charge in [0.05, 0.1) is 28.0 Å². The van der Waals surface area contributed by atoms with Gasteiger partial charge in [-0.1, -0.05) is 23.4 Å². The number of alkyl halides is 3. The lowest BCUT2D eigenvalue weighted by Crippen LogP contribution is -2.30. The molecular formula is C18H15ClF3N3O2S. The number of amides is 1. The maximum atomic E-state index is 12.9. The number of fused-ring (bicyclic) bond motifs is 2. The number of carbonyl (C=O) groups excluding carboxylic acids is 1. The van der Waals surface area contributed by atoms with Crippen LogP contribution in [-0.2, 0) is 23.8 Å². The third-order valence-corrected chi connectivity index (χ3v) is 6.29. The quantitative estimate of drug-likeness (QED) is 0.747. The molecule has 5 nitrogen and oxygen atoms in total. The first-order valence-electron chi connectivity index (χ1n) is 8.67. The Hall–Kier alpha value is -2.00. The summed E-state index contributed by atoms with van der Waals surface area (Å²) in [4.78, 5) is 29.7. The van der Waals surface area contributed by atoms with Gasteiger partial charge >= 0.3 is 6.18 Å². The van der Waals surface area contributed by atoms with Gasteiger partial charge in [-0.3, -0.25) is 14.2 Å². The van der Waals surface area contributed by atoms with Crippen molar-refractivity contribution in [3.05, 3.63) is 50.4 Å². The van der Waals surface area contributed by atoms with E-state index in [4.69, 9.17) is 11.6 Å².